The Labute approximate surface area is 160 Å². The van der Waals surface area contributed by atoms with Crippen molar-refractivity contribution in [3.05, 3.63) is 71.8 Å². The molecule has 0 aliphatic rings. The molecule has 0 aromatic heterocycles. The zero-order chi connectivity index (χ0) is 19.4. The lowest BCUT2D eigenvalue weighted by atomic mass is 10.2. The highest BCUT2D eigenvalue weighted by Crippen LogP contribution is 2.61. The fourth-order valence-corrected chi connectivity index (χ4v) is 4.13. The largest absolute Gasteiger partial charge is 0.382 e. The molecule has 1 atom stereocenters. The van der Waals surface area contributed by atoms with Gasteiger partial charge >= 0.3 is 7.60 Å². The summed E-state index contributed by atoms with van der Waals surface area (Å²) in [6, 6.07) is 19.0. The minimum absolute atomic E-state index is 0.144. The second-order valence-electron chi connectivity index (χ2n) is 5.67. The number of rotatable bonds is 12. The summed E-state index contributed by atoms with van der Waals surface area (Å²) in [5, 5.41) is 0. The molecular weight excluding hydrogens is 365 g/mol. The van der Waals surface area contributed by atoms with Crippen LogP contribution in [0.15, 0.2) is 65.7 Å². The number of hydrogen-bond donors (Lipinski definition) is 0. The molecule has 0 heterocycles. The summed E-state index contributed by atoms with van der Waals surface area (Å²) < 4.78 is 35.0. The normalized spacial score (nSPS) is 13.1. The average molecular weight is 391 g/mol. The van der Waals surface area contributed by atoms with Crippen molar-refractivity contribution in [2.45, 2.75) is 5.78 Å². The van der Waals surface area contributed by atoms with Gasteiger partial charge in [-0.15, -0.1) is 0 Å². The van der Waals surface area contributed by atoms with E-state index in [0.29, 0.717) is 13.2 Å². The molecule has 7 heteroatoms. The van der Waals surface area contributed by atoms with Gasteiger partial charge < -0.3 is 18.5 Å². The Morgan fingerprint density at radius 3 is 1.89 bits per heavy atom. The van der Waals surface area contributed by atoms with Crippen molar-refractivity contribution in [1.82, 2.24) is 0 Å². The fourth-order valence-electron chi connectivity index (χ4n) is 2.35. The van der Waals surface area contributed by atoms with Crippen LogP contribution in [-0.2, 0) is 23.1 Å². The van der Waals surface area contributed by atoms with Crippen molar-refractivity contribution < 1.29 is 23.1 Å². The zero-order valence-electron chi connectivity index (χ0n) is 15.7. The van der Waals surface area contributed by atoms with Gasteiger partial charge in [-0.1, -0.05) is 60.7 Å². The first kappa shape index (κ1) is 21.5. The number of methoxy groups -OCH3 is 2. The van der Waals surface area contributed by atoms with E-state index in [1.165, 1.54) is 0 Å². The molecule has 0 amide bonds. The van der Waals surface area contributed by atoms with Crippen molar-refractivity contribution in [2.24, 2.45) is 4.99 Å². The smallest absolute Gasteiger partial charge is 0.359 e. The van der Waals surface area contributed by atoms with Crippen LogP contribution in [0.3, 0.4) is 0 Å². The van der Waals surface area contributed by atoms with Crippen LogP contribution in [-0.4, -0.2) is 46.9 Å². The monoisotopic (exact) mass is 391 g/mol. The van der Waals surface area contributed by atoms with Crippen LogP contribution in [0.25, 0.3) is 0 Å². The molecule has 1 unspecified atom stereocenters. The minimum atomic E-state index is -3.61. The van der Waals surface area contributed by atoms with E-state index < -0.39 is 13.4 Å². The molecule has 0 N–H and O–H groups in total. The van der Waals surface area contributed by atoms with Crippen LogP contribution >= 0.6 is 7.60 Å². The Morgan fingerprint density at radius 2 is 1.37 bits per heavy atom. The fraction of sp³-hybridized carbons (Fsp3) is 0.350. The van der Waals surface area contributed by atoms with Crippen molar-refractivity contribution in [2.75, 3.05) is 40.6 Å². The molecule has 146 valence electrons. The molecule has 0 saturated carbocycles. The van der Waals surface area contributed by atoms with E-state index in [2.05, 4.69) is 4.99 Å². The molecule has 0 aliphatic heterocycles. The standard InChI is InChI=1S/C20H26NO5P/c1-23-13-15-25-27(22,26-16-14-24-2)20(19-11-7-4-8-12-19)21-17-18-9-5-3-6-10-18/h3-12,17,20H,13-16H2,1-2H3/b21-17+. The summed E-state index contributed by atoms with van der Waals surface area (Å²) in [4.78, 5) is 4.57. The van der Waals surface area contributed by atoms with Gasteiger partial charge in [0.2, 0.25) is 0 Å². The number of benzene rings is 2. The molecular formula is C20H26NO5P. The molecule has 2 aromatic carbocycles. The number of hydrogen-bond acceptors (Lipinski definition) is 6. The summed E-state index contributed by atoms with van der Waals surface area (Å²) in [6.45, 7) is 0.902. The van der Waals surface area contributed by atoms with Crippen LogP contribution in [0.4, 0.5) is 0 Å². The van der Waals surface area contributed by atoms with Gasteiger partial charge in [-0.3, -0.25) is 9.56 Å². The molecule has 2 aromatic rings. The summed E-state index contributed by atoms with van der Waals surface area (Å²) in [6.07, 6.45) is 1.68. The van der Waals surface area contributed by atoms with Gasteiger partial charge in [0.05, 0.1) is 26.4 Å². The lowest BCUT2D eigenvalue weighted by Crippen LogP contribution is -2.11. The molecule has 2 rings (SSSR count). The van der Waals surface area contributed by atoms with E-state index in [-0.39, 0.29) is 13.2 Å². The van der Waals surface area contributed by atoms with Crippen molar-refractivity contribution in [3.8, 4) is 0 Å². The Bertz CT molecular complexity index is 710. The van der Waals surface area contributed by atoms with E-state index in [1.54, 1.807) is 20.4 Å². The first-order valence-corrected chi connectivity index (χ1v) is 10.3. The predicted octanol–water partition coefficient (Wildman–Crippen LogP) is 4.32. The van der Waals surface area contributed by atoms with Crippen molar-refractivity contribution >= 4 is 13.8 Å². The Balaban J connectivity index is 2.33. The van der Waals surface area contributed by atoms with Crippen molar-refractivity contribution in [1.29, 1.82) is 0 Å². The van der Waals surface area contributed by atoms with Crippen LogP contribution in [0.1, 0.15) is 16.9 Å². The van der Waals surface area contributed by atoms with Crippen LogP contribution in [0.5, 0.6) is 0 Å². The van der Waals surface area contributed by atoms with E-state index in [1.807, 2.05) is 60.7 Å². The molecule has 0 spiro atoms. The van der Waals surface area contributed by atoms with E-state index in [4.69, 9.17) is 18.5 Å². The highest BCUT2D eigenvalue weighted by molar-refractivity contribution is 7.54. The highest BCUT2D eigenvalue weighted by Gasteiger charge is 2.37. The zero-order valence-corrected chi connectivity index (χ0v) is 16.6. The van der Waals surface area contributed by atoms with E-state index in [0.717, 1.165) is 11.1 Å². The van der Waals surface area contributed by atoms with Crippen LogP contribution in [0.2, 0.25) is 0 Å². The average Bonchev–Trinajstić information content (AvgIpc) is 2.70. The SMILES string of the molecule is COCCOP(=O)(OCCOC)C(/N=C/c1ccccc1)c1ccccc1. The van der Waals surface area contributed by atoms with Gasteiger partial charge in [-0.2, -0.15) is 0 Å². The maximum atomic E-state index is 13.6. The lowest BCUT2D eigenvalue weighted by molar-refractivity contribution is 0.104. The van der Waals surface area contributed by atoms with Gasteiger partial charge in [0.1, 0.15) is 0 Å². The van der Waals surface area contributed by atoms with Crippen molar-refractivity contribution in [3.63, 3.8) is 0 Å². The molecule has 0 fully saturated rings. The maximum Gasteiger partial charge on any atom is 0.359 e. The van der Waals surface area contributed by atoms with Gasteiger partial charge in [0, 0.05) is 20.4 Å². The predicted molar refractivity (Wildman–Crippen MR) is 106 cm³/mol. The van der Waals surface area contributed by atoms with Gasteiger partial charge in [0.25, 0.3) is 0 Å². The molecule has 0 radical (unpaired) electrons. The maximum absolute atomic E-state index is 13.6. The summed E-state index contributed by atoms with van der Waals surface area (Å²) in [7, 11) is -0.490. The second-order valence-corrected chi connectivity index (χ2v) is 7.75. The third-order valence-corrected chi connectivity index (χ3v) is 5.79. The quantitative estimate of drug-likeness (QED) is 0.306. The summed E-state index contributed by atoms with van der Waals surface area (Å²) in [5.74, 6) is -0.785. The van der Waals surface area contributed by atoms with Gasteiger partial charge in [0.15, 0.2) is 5.78 Å². The molecule has 27 heavy (non-hydrogen) atoms. The molecule has 0 saturated heterocycles. The topological polar surface area (TPSA) is 66.4 Å². The number of aliphatic imine (C=N–C) groups is 1. The van der Waals surface area contributed by atoms with Gasteiger partial charge in [-0.25, -0.2) is 0 Å². The third-order valence-electron chi connectivity index (χ3n) is 3.68. The Hall–Kier alpha value is -1.82. The summed E-state index contributed by atoms with van der Waals surface area (Å²) in [5.41, 5.74) is 1.65. The number of nitrogens with zero attached hydrogens (tertiary/aromatic N) is 1. The first-order chi connectivity index (χ1) is 13.2. The van der Waals surface area contributed by atoms with E-state index in [9.17, 15) is 4.57 Å². The third kappa shape index (κ3) is 7.01. The lowest BCUT2D eigenvalue weighted by Gasteiger charge is -2.24. The second kappa shape index (κ2) is 11.8. The highest BCUT2D eigenvalue weighted by atomic mass is 31.2. The first-order valence-electron chi connectivity index (χ1n) is 8.69. The Kier molecular flexibility index (Phi) is 9.39. The number of ether oxygens (including phenoxy) is 2. The Morgan fingerprint density at radius 1 is 0.852 bits per heavy atom. The van der Waals surface area contributed by atoms with Crippen LogP contribution < -0.4 is 0 Å². The van der Waals surface area contributed by atoms with Crippen LogP contribution in [0, 0.1) is 0 Å². The summed E-state index contributed by atoms with van der Waals surface area (Å²) >= 11 is 0. The minimum Gasteiger partial charge on any atom is -0.382 e. The molecule has 0 bridgehead atoms. The molecule has 6 nitrogen and oxygen atoms in total. The van der Waals surface area contributed by atoms with Gasteiger partial charge in [-0.05, 0) is 11.1 Å². The molecule has 0 aliphatic carbocycles. The van der Waals surface area contributed by atoms with E-state index >= 15 is 0 Å².